The number of nitrogens with zero attached hydrogens (tertiary/aromatic N) is 1. The van der Waals surface area contributed by atoms with Crippen LogP contribution in [-0.2, 0) is 0 Å². The van der Waals surface area contributed by atoms with Crippen molar-refractivity contribution < 1.29 is 10.0 Å². The molecule has 0 aliphatic carbocycles. The molecule has 1 aromatic carbocycles. The Morgan fingerprint density at radius 2 is 2.22 bits per heavy atom. The van der Waals surface area contributed by atoms with E-state index in [-0.39, 0.29) is 12.2 Å². The molecule has 0 fully saturated rings. The molecule has 18 heavy (non-hydrogen) atoms. The number of aliphatic hydroxyl groups is 1. The van der Waals surface area contributed by atoms with Crippen LogP contribution in [0, 0.1) is 10.1 Å². The van der Waals surface area contributed by atoms with Gasteiger partial charge in [0.05, 0.1) is 10.5 Å². The van der Waals surface area contributed by atoms with Crippen LogP contribution < -0.4 is 5.32 Å². The van der Waals surface area contributed by atoms with Gasteiger partial charge in [-0.1, -0.05) is 24.9 Å². The second kappa shape index (κ2) is 6.02. The van der Waals surface area contributed by atoms with Gasteiger partial charge in [0.1, 0.15) is 5.69 Å². The van der Waals surface area contributed by atoms with Crippen LogP contribution in [0.5, 0.6) is 0 Å². The number of benzene rings is 1. The second-order valence-electron chi connectivity index (χ2n) is 4.52. The lowest BCUT2D eigenvalue weighted by atomic mass is 10.0. The number of nitrogens with one attached hydrogen (secondary N) is 1. The third-order valence-electron chi connectivity index (χ3n) is 2.60. The number of nitro benzene ring substituents is 1. The minimum Gasteiger partial charge on any atom is -0.388 e. The van der Waals surface area contributed by atoms with Crippen molar-refractivity contribution in [1.82, 2.24) is 0 Å². The Balaban J connectivity index is 2.83. The maximum atomic E-state index is 10.8. The largest absolute Gasteiger partial charge is 0.388 e. The maximum Gasteiger partial charge on any atom is 0.292 e. The molecule has 0 aliphatic rings. The number of hydrogen-bond donors (Lipinski definition) is 2. The van der Waals surface area contributed by atoms with Crippen molar-refractivity contribution in [3.8, 4) is 0 Å². The predicted octanol–water partition coefficient (Wildman–Crippen LogP) is 3.21. The summed E-state index contributed by atoms with van der Waals surface area (Å²) in [6, 6.07) is 4.30. The van der Waals surface area contributed by atoms with E-state index in [4.69, 9.17) is 11.6 Å². The van der Waals surface area contributed by atoms with Crippen LogP contribution in [0.25, 0.3) is 0 Å². The van der Waals surface area contributed by atoms with Crippen molar-refractivity contribution in [2.75, 3.05) is 11.9 Å². The van der Waals surface area contributed by atoms with Crippen LogP contribution in [0.2, 0.25) is 5.02 Å². The van der Waals surface area contributed by atoms with Crippen LogP contribution in [0.15, 0.2) is 18.2 Å². The molecule has 2 N–H and O–H groups in total. The van der Waals surface area contributed by atoms with E-state index >= 15 is 0 Å². The predicted molar refractivity (Wildman–Crippen MR) is 72.1 cm³/mol. The zero-order valence-corrected chi connectivity index (χ0v) is 11.2. The topological polar surface area (TPSA) is 75.4 Å². The minimum atomic E-state index is -0.898. The summed E-state index contributed by atoms with van der Waals surface area (Å²) in [6.45, 7) is 3.90. The number of nitro groups is 1. The molecule has 100 valence electrons. The summed E-state index contributed by atoms with van der Waals surface area (Å²) < 4.78 is 0. The summed E-state index contributed by atoms with van der Waals surface area (Å²) in [5, 5.41) is 24.2. The van der Waals surface area contributed by atoms with E-state index in [1.807, 2.05) is 6.92 Å². The Kier molecular flexibility index (Phi) is 4.93. The van der Waals surface area contributed by atoms with Crippen molar-refractivity contribution >= 4 is 23.0 Å². The smallest absolute Gasteiger partial charge is 0.292 e. The van der Waals surface area contributed by atoms with Gasteiger partial charge in [0.25, 0.3) is 5.69 Å². The highest BCUT2D eigenvalue weighted by Crippen LogP contribution is 2.28. The summed E-state index contributed by atoms with van der Waals surface area (Å²) >= 11 is 5.81. The normalized spacial score (nSPS) is 14.0. The summed E-state index contributed by atoms with van der Waals surface area (Å²) in [5.41, 5.74) is -0.624. The SMILES string of the molecule is CCCC(C)(O)CNc1cc(Cl)ccc1[N+](=O)[O-]. The highest BCUT2D eigenvalue weighted by atomic mass is 35.5. The van der Waals surface area contributed by atoms with Gasteiger partial charge < -0.3 is 10.4 Å². The lowest BCUT2D eigenvalue weighted by Crippen LogP contribution is -2.33. The molecule has 0 saturated carbocycles. The quantitative estimate of drug-likeness (QED) is 0.616. The monoisotopic (exact) mass is 272 g/mol. The van der Waals surface area contributed by atoms with Gasteiger partial charge in [-0.3, -0.25) is 10.1 Å². The second-order valence-corrected chi connectivity index (χ2v) is 4.96. The van der Waals surface area contributed by atoms with E-state index in [1.165, 1.54) is 18.2 Å². The molecule has 6 heteroatoms. The Morgan fingerprint density at radius 1 is 1.56 bits per heavy atom. The van der Waals surface area contributed by atoms with E-state index < -0.39 is 10.5 Å². The molecular formula is C12H17ClN2O3. The van der Waals surface area contributed by atoms with Gasteiger partial charge in [0.15, 0.2) is 0 Å². The van der Waals surface area contributed by atoms with Gasteiger partial charge >= 0.3 is 0 Å². The van der Waals surface area contributed by atoms with Crippen LogP contribution in [0.1, 0.15) is 26.7 Å². The Labute approximate surface area is 111 Å². The summed E-state index contributed by atoms with van der Waals surface area (Å²) in [6.07, 6.45) is 1.46. The number of anilines is 1. The third kappa shape index (κ3) is 4.16. The molecular weight excluding hydrogens is 256 g/mol. The van der Waals surface area contributed by atoms with Crippen molar-refractivity contribution in [2.45, 2.75) is 32.3 Å². The minimum absolute atomic E-state index is 0.0494. The maximum absolute atomic E-state index is 10.8. The third-order valence-corrected chi connectivity index (χ3v) is 2.84. The Bertz CT molecular complexity index is 435. The molecule has 0 radical (unpaired) electrons. The average molecular weight is 273 g/mol. The van der Waals surface area contributed by atoms with E-state index in [1.54, 1.807) is 6.92 Å². The first-order valence-corrected chi connectivity index (χ1v) is 6.14. The lowest BCUT2D eigenvalue weighted by Gasteiger charge is -2.23. The number of halogens is 1. The van der Waals surface area contributed by atoms with Gasteiger partial charge in [0.2, 0.25) is 0 Å². The Morgan fingerprint density at radius 3 is 2.78 bits per heavy atom. The van der Waals surface area contributed by atoms with Gasteiger partial charge in [-0.2, -0.15) is 0 Å². The molecule has 1 rings (SSSR count). The van der Waals surface area contributed by atoms with Crippen molar-refractivity contribution in [2.24, 2.45) is 0 Å². The van der Waals surface area contributed by atoms with Crippen LogP contribution in [0.3, 0.4) is 0 Å². The van der Waals surface area contributed by atoms with Crippen molar-refractivity contribution in [3.63, 3.8) is 0 Å². The molecule has 0 saturated heterocycles. The highest BCUT2D eigenvalue weighted by Gasteiger charge is 2.21. The molecule has 1 atom stereocenters. The molecule has 0 aliphatic heterocycles. The van der Waals surface area contributed by atoms with E-state index in [0.717, 1.165) is 6.42 Å². The average Bonchev–Trinajstić information content (AvgIpc) is 2.26. The lowest BCUT2D eigenvalue weighted by molar-refractivity contribution is -0.384. The van der Waals surface area contributed by atoms with Crippen molar-refractivity contribution in [1.29, 1.82) is 0 Å². The molecule has 1 aromatic rings. The van der Waals surface area contributed by atoms with Gasteiger partial charge in [0, 0.05) is 17.6 Å². The Hall–Kier alpha value is -1.33. The molecule has 0 spiro atoms. The van der Waals surface area contributed by atoms with Gasteiger partial charge in [-0.25, -0.2) is 0 Å². The fraction of sp³-hybridized carbons (Fsp3) is 0.500. The standard InChI is InChI=1S/C12H17ClN2O3/c1-3-6-12(2,16)8-14-10-7-9(13)4-5-11(10)15(17)18/h4-5,7,14,16H,3,6,8H2,1-2H3. The highest BCUT2D eigenvalue weighted by molar-refractivity contribution is 6.31. The first-order chi connectivity index (χ1) is 8.35. The molecule has 0 aromatic heterocycles. The molecule has 1 unspecified atom stereocenters. The van der Waals surface area contributed by atoms with E-state index in [2.05, 4.69) is 5.32 Å². The molecule has 0 bridgehead atoms. The van der Waals surface area contributed by atoms with Crippen LogP contribution >= 0.6 is 11.6 Å². The fourth-order valence-electron chi connectivity index (χ4n) is 1.72. The number of hydrogen-bond acceptors (Lipinski definition) is 4. The molecule has 5 nitrogen and oxygen atoms in total. The van der Waals surface area contributed by atoms with Crippen LogP contribution in [-0.4, -0.2) is 22.2 Å². The number of rotatable bonds is 6. The summed E-state index contributed by atoms with van der Waals surface area (Å²) in [4.78, 5) is 10.4. The van der Waals surface area contributed by atoms with Crippen molar-refractivity contribution in [3.05, 3.63) is 33.3 Å². The van der Waals surface area contributed by atoms with Gasteiger partial charge in [-0.05, 0) is 25.5 Å². The molecule has 0 amide bonds. The first kappa shape index (κ1) is 14.7. The molecule has 0 heterocycles. The zero-order chi connectivity index (χ0) is 13.8. The van der Waals surface area contributed by atoms with E-state index in [9.17, 15) is 15.2 Å². The van der Waals surface area contributed by atoms with Gasteiger partial charge in [-0.15, -0.1) is 0 Å². The van der Waals surface area contributed by atoms with Crippen LogP contribution in [0.4, 0.5) is 11.4 Å². The zero-order valence-electron chi connectivity index (χ0n) is 10.4. The summed E-state index contributed by atoms with van der Waals surface area (Å²) in [5.74, 6) is 0. The fourth-order valence-corrected chi connectivity index (χ4v) is 1.89. The van der Waals surface area contributed by atoms with E-state index in [0.29, 0.717) is 17.1 Å². The first-order valence-electron chi connectivity index (χ1n) is 5.76. The summed E-state index contributed by atoms with van der Waals surface area (Å²) in [7, 11) is 0.